The molecule has 0 radical (unpaired) electrons. The van der Waals surface area contributed by atoms with Crippen LogP contribution >= 0.6 is 0 Å². The van der Waals surface area contributed by atoms with Crippen molar-refractivity contribution in [2.45, 2.75) is 13.0 Å². The van der Waals surface area contributed by atoms with Crippen molar-refractivity contribution >= 4 is 17.4 Å². The zero-order chi connectivity index (χ0) is 19.7. The number of aromatic hydroxyl groups is 1. The van der Waals surface area contributed by atoms with Crippen LogP contribution < -0.4 is 14.4 Å². The van der Waals surface area contributed by atoms with Crippen molar-refractivity contribution in [1.29, 1.82) is 0 Å². The van der Waals surface area contributed by atoms with Crippen molar-refractivity contribution in [1.82, 2.24) is 0 Å². The van der Waals surface area contributed by atoms with Crippen molar-refractivity contribution in [3.8, 4) is 17.2 Å². The van der Waals surface area contributed by atoms with Crippen LogP contribution in [0.3, 0.4) is 0 Å². The van der Waals surface area contributed by atoms with Crippen LogP contribution in [-0.4, -0.2) is 36.1 Å². The molecular formula is C20H19NO6. The molecule has 0 fully saturated rings. The van der Waals surface area contributed by atoms with Gasteiger partial charge >= 0.3 is 0 Å². The van der Waals surface area contributed by atoms with E-state index in [1.165, 1.54) is 38.2 Å². The molecule has 0 aliphatic carbocycles. The number of phenolic OH excluding ortho intramolecular Hbond substituents is 1. The lowest BCUT2D eigenvalue weighted by atomic mass is 9.96. The van der Waals surface area contributed by atoms with Gasteiger partial charge in [-0.25, -0.2) is 0 Å². The summed E-state index contributed by atoms with van der Waals surface area (Å²) in [6.45, 7) is 1.29. The number of nitrogens with zero attached hydrogens (tertiary/aromatic N) is 1. The molecule has 27 heavy (non-hydrogen) atoms. The van der Waals surface area contributed by atoms with E-state index in [-0.39, 0.29) is 17.1 Å². The van der Waals surface area contributed by atoms with Gasteiger partial charge in [-0.05, 0) is 48.9 Å². The largest absolute Gasteiger partial charge is 0.504 e. The number of carbonyl (C=O) groups excluding carboxylic acids is 2. The van der Waals surface area contributed by atoms with Crippen molar-refractivity contribution < 1.29 is 29.3 Å². The first-order valence-electron chi connectivity index (χ1n) is 8.17. The van der Waals surface area contributed by atoms with E-state index >= 15 is 0 Å². The minimum Gasteiger partial charge on any atom is -0.504 e. The second-order valence-corrected chi connectivity index (χ2v) is 6.03. The average Bonchev–Trinajstić information content (AvgIpc) is 2.93. The number of carbonyl (C=O) groups is 2. The van der Waals surface area contributed by atoms with Gasteiger partial charge in [0.1, 0.15) is 5.75 Å². The molecule has 0 aromatic heterocycles. The van der Waals surface area contributed by atoms with E-state index in [1.807, 2.05) is 0 Å². The summed E-state index contributed by atoms with van der Waals surface area (Å²) in [7, 11) is 2.93. The predicted octanol–water partition coefficient (Wildman–Crippen LogP) is 2.90. The molecule has 1 heterocycles. The number of hydrogen-bond donors (Lipinski definition) is 2. The fraction of sp³-hybridized carbons (Fsp3) is 0.200. The Kier molecular flexibility index (Phi) is 4.77. The van der Waals surface area contributed by atoms with E-state index in [0.717, 1.165) is 0 Å². The van der Waals surface area contributed by atoms with Crippen LogP contribution in [0.4, 0.5) is 5.69 Å². The Hall–Kier alpha value is -3.48. The van der Waals surface area contributed by atoms with E-state index in [2.05, 4.69) is 0 Å². The standard InChI is InChI=1S/C20H19NO6/c1-11(22)17-18(12-4-9-15(23)16(10-12)27-3)21(20(25)19(17)24)13-5-7-14(26-2)8-6-13/h4-10,18,23-24H,1-3H3. The molecular weight excluding hydrogens is 350 g/mol. The first-order valence-corrected chi connectivity index (χ1v) is 8.17. The second-order valence-electron chi connectivity index (χ2n) is 6.03. The quantitative estimate of drug-likeness (QED) is 0.841. The monoisotopic (exact) mass is 369 g/mol. The summed E-state index contributed by atoms with van der Waals surface area (Å²) in [5.74, 6) is -0.952. The number of phenols is 1. The van der Waals surface area contributed by atoms with Crippen LogP contribution in [0.5, 0.6) is 17.2 Å². The lowest BCUT2D eigenvalue weighted by Crippen LogP contribution is -2.30. The number of aliphatic hydroxyl groups is 1. The fourth-order valence-corrected chi connectivity index (χ4v) is 3.15. The second kappa shape index (κ2) is 7.03. The highest BCUT2D eigenvalue weighted by Crippen LogP contribution is 2.43. The molecule has 2 aromatic carbocycles. The molecule has 3 rings (SSSR count). The lowest BCUT2D eigenvalue weighted by molar-refractivity contribution is -0.117. The zero-order valence-corrected chi connectivity index (χ0v) is 15.1. The Balaban J connectivity index is 2.16. The molecule has 7 nitrogen and oxygen atoms in total. The summed E-state index contributed by atoms with van der Waals surface area (Å²) in [5, 5.41) is 20.2. The summed E-state index contributed by atoms with van der Waals surface area (Å²) in [6, 6.07) is 10.4. The molecule has 2 N–H and O–H groups in total. The molecule has 0 bridgehead atoms. The maximum Gasteiger partial charge on any atom is 0.294 e. The Bertz CT molecular complexity index is 932. The molecule has 140 valence electrons. The van der Waals surface area contributed by atoms with Gasteiger partial charge < -0.3 is 19.7 Å². The maximum atomic E-state index is 12.7. The molecule has 0 saturated heterocycles. The number of anilines is 1. The Morgan fingerprint density at radius 2 is 1.70 bits per heavy atom. The number of amides is 1. The highest BCUT2D eigenvalue weighted by molar-refractivity contribution is 6.16. The van der Waals surface area contributed by atoms with Crippen LogP contribution in [0.15, 0.2) is 53.8 Å². The number of Topliss-reactive ketones (excluding diaryl/α,β-unsaturated/α-hetero) is 1. The smallest absolute Gasteiger partial charge is 0.294 e. The van der Waals surface area contributed by atoms with Gasteiger partial charge in [-0.2, -0.15) is 0 Å². The van der Waals surface area contributed by atoms with E-state index in [1.54, 1.807) is 30.3 Å². The number of ketones is 1. The minimum atomic E-state index is -0.849. The summed E-state index contributed by atoms with van der Waals surface area (Å²) in [5.41, 5.74) is 0.993. The molecule has 1 atom stereocenters. The van der Waals surface area contributed by atoms with E-state index in [0.29, 0.717) is 17.0 Å². The number of methoxy groups -OCH3 is 2. The van der Waals surface area contributed by atoms with Crippen LogP contribution in [0, 0.1) is 0 Å². The normalized spacial score (nSPS) is 16.6. The topological polar surface area (TPSA) is 96.3 Å². The number of rotatable bonds is 5. The Morgan fingerprint density at radius 1 is 1.04 bits per heavy atom. The van der Waals surface area contributed by atoms with E-state index in [9.17, 15) is 19.8 Å². The SMILES string of the molecule is COc1ccc(N2C(=O)C(O)=C(C(C)=O)C2c2ccc(O)c(OC)c2)cc1. The number of aliphatic hydroxyl groups excluding tert-OH is 1. The molecule has 1 unspecified atom stereocenters. The van der Waals surface area contributed by atoms with Gasteiger partial charge in [0.2, 0.25) is 0 Å². The van der Waals surface area contributed by atoms with E-state index in [4.69, 9.17) is 9.47 Å². The van der Waals surface area contributed by atoms with Gasteiger partial charge in [-0.1, -0.05) is 6.07 Å². The molecule has 0 spiro atoms. The molecule has 1 aliphatic rings. The van der Waals surface area contributed by atoms with Gasteiger partial charge in [0.05, 0.1) is 25.8 Å². The molecule has 0 saturated carbocycles. The third-order valence-corrected chi connectivity index (χ3v) is 4.46. The summed E-state index contributed by atoms with van der Waals surface area (Å²) in [6.07, 6.45) is 0. The molecule has 2 aromatic rings. The average molecular weight is 369 g/mol. The van der Waals surface area contributed by atoms with Crippen molar-refractivity contribution in [3.05, 3.63) is 59.4 Å². The molecule has 1 aliphatic heterocycles. The number of benzene rings is 2. The predicted molar refractivity (Wildman–Crippen MR) is 98.2 cm³/mol. The number of ether oxygens (including phenoxy) is 2. The Labute approximate surface area is 156 Å². The highest BCUT2D eigenvalue weighted by Gasteiger charge is 2.43. The van der Waals surface area contributed by atoms with Gasteiger partial charge in [0.25, 0.3) is 5.91 Å². The lowest BCUT2D eigenvalue weighted by Gasteiger charge is -2.27. The third-order valence-electron chi connectivity index (χ3n) is 4.46. The van der Waals surface area contributed by atoms with Crippen molar-refractivity contribution in [2.24, 2.45) is 0 Å². The molecule has 1 amide bonds. The summed E-state index contributed by atoms with van der Waals surface area (Å²) < 4.78 is 10.3. The number of hydrogen-bond acceptors (Lipinski definition) is 6. The van der Waals surface area contributed by atoms with Gasteiger partial charge in [0, 0.05) is 5.69 Å². The summed E-state index contributed by atoms with van der Waals surface area (Å²) >= 11 is 0. The van der Waals surface area contributed by atoms with Crippen LogP contribution in [0.1, 0.15) is 18.5 Å². The highest BCUT2D eigenvalue weighted by atomic mass is 16.5. The molecule has 7 heteroatoms. The van der Waals surface area contributed by atoms with Crippen LogP contribution in [-0.2, 0) is 9.59 Å². The van der Waals surface area contributed by atoms with Crippen molar-refractivity contribution in [2.75, 3.05) is 19.1 Å². The van der Waals surface area contributed by atoms with Crippen molar-refractivity contribution in [3.63, 3.8) is 0 Å². The first-order chi connectivity index (χ1) is 12.9. The minimum absolute atomic E-state index is 0.0106. The van der Waals surface area contributed by atoms with Crippen LogP contribution in [0.25, 0.3) is 0 Å². The fourth-order valence-electron chi connectivity index (χ4n) is 3.15. The van der Waals surface area contributed by atoms with Gasteiger partial charge in [-0.3, -0.25) is 14.5 Å². The third kappa shape index (κ3) is 3.08. The zero-order valence-electron chi connectivity index (χ0n) is 15.1. The van der Waals surface area contributed by atoms with Gasteiger partial charge in [0.15, 0.2) is 23.0 Å². The summed E-state index contributed by atoms with van der Waals surface area (Å²) in [4.78, 5) is 26.3. The maximum absolute atomic E-state index is 12.7. The van der Waals surface area contributed by atoms with Gasteiger partial charge in [-0.15, -0.1) is 0 Å². The first kappa shape index (κ1) is 18.3. The Morgan fingerprint density at radius 3 is 2.26 bits per heavy atom. The van der Waals surface area contributed by atoms with E-state index < -0.39 is 23.5 Å². The van der Waals surface area contributed by atoms with Crippen LogP contribution in [0.2, 0.25) is 0 Å².